The maximum atomic E-state index is 5.99. The van der Waals surface area contributed by atoms with E-state index in [1.807, 2.05) is 25.2 Å². The SMILES string of the molecule is CNC(c1cc2ccccc2o1)c1cc(Br)ccc1C. The van der Waals surface area contributed by atoms with E-state index in [1.165, 1.54) is 11.1 Å². The predicted molar refractivity (Wildman–Crippen MR) is 86.0 cm³/mol. The van der Waals surface area contributed by atoms with Crippen molar-refractivity contribution in [3.63, 3.8) is 0 Å². The summed E-state index contributed by atoms with van der Waals surface area (Å²) in [6, 6.07) is 16.6. The third kappa shape index (κ3) is 2.39. The minimum atomic E-state index is 0.0555. The van der Waals surface area contributed by atoms with Crippen molar-refractivity contribution < 1.29 is 4.42 Å². The molecular formula is C17H16BrNO. The normalized spacial score (nSPS) is 12.8. The zero-order valence-electron chi connectivity index (χ0n) is 11.5. The second kappa shape index (κ2) is 5.43. The molecule has 1 atom stereocenters. The Morgan fingerprint density at radius 2 is 1.90 bits per heavy atom. The molecule has 0 spiro atoms. The summed E-state index contributed by atoms with van der Waals surface area (Å²) in [7, 11) is 1.96. The van der Waals surface area contributed by atoms with Crippen LogP contribution in [0.1, 0.15) is 22.9 Å². The summed E-state index contributed by atoms with van der Waals surface area (Å²) < 4.78 is 7.07. The van der Waals surface area contributed by atoms with Gasteiger partial charge in [-0.1, -0.05) is 40.2 Å². The third-order valence-electron chi connectivity index (χ3n) is 3.57. The lowest BCUT2D eigenvalue weighted by Crippen LogP contribution is -2.18. The van der Waals surface area contributed by atoms with Crippen molar-refractivity contribution in [3.8, 4) is 0 Å². The van der Waals surface area contributed by atoms with Gasteiger partial charge in [-0.25, -0.2) is 0 Å². The lowest BCUT2D eigenvalue weighted by Gasteiger charge is -2.17. The van der Waals surface area contributed by atoms with E-state index in [0.717, 1.165) is 21.2 Å². The standard InChI is InChI=1S/C17H16BrNO/c1-11-7-8-13(18)10-14(11)17(19-2)16-9-12-5-3-4-6-15(12)20-16/h3-10,17,19H,1-2H3. The first-order valence-electron chi connectivity index (χ1n) is 6.61. The molecule has 20 heavy (non-hydrogen) atoms. The van der Waals surface area contributed by atoms with Crippen LogP contribution in [-0.4, -0.2) is 7.05 Å². The predicted octanol–water partition coefficient (Wildman–Crippen LogP) is 4.81. The summed E-state index contributed by atoms with van der Waals surface area (Å²) >= 11 is 3.54. The Hall–Kier alpha value is -1.58. The van der Waals surface area contributed by atoms with Gasteiger partial charge in [-0.15, -0.1) is 0 Å². The monoisotopic (exact) mass is 329 g/mol. The quantitative estimate of drug-likeness (QED) is 0.745. The Morgan fingerprint density at radius 1 is 1.10 bits per heavy atom. The van der Waals surface area contributed by atoms with Crippen LogP contribution in [0.4, 0.5) is 0 Å². The Labute approximate surface area is 126 Å². The number of nitrogens with one attached hydrogen (secondary N) is 1. The van der Waals surface area contributed by atoms with Crippen LogP contribution in [0.2, 0.25) is 0 Å². The molecule has 1 aromatic heterocycles. The maximum absolute atomic E-state index is 5.99. The van der Waals surface area contributed by atoms with Crippen molar-refractivity contribution in [2.45, 2.75) is 13.0 Å². The van der Waals surface area contributed by atoms with Crippen LogP contribution in [0.25, 0.3) is 11.0 Å². The van der Waals surface area contributed by atoms with Gasteiger partial charge in [-0.2, -0.15) is 0 Å². The molecule has 0 bridgehead atoms. The second-order valence-corrected chi connectivity index (χ2v) is 5.82. The molecule has 1 unspecified atom stereocenters. The molecule has 0 radical (unpaired) electrons. The molecule has 3 heteroatoms. The molecule has 2 nitrogen and oxygen atoms in total. The van der Waals surface area contributed by atoms with Crippen LogP contribution in [0.5, 0.6) is 0 Å². The summed E-state index contributed by atoms with van der Waals surface area (Å²) in [5, 5.41) is 4.48. The van der Waals surface area contributed by atoms with E-state index in [4.69, 9.17) is 4.42 Å². The minimum Gasteiger partial charge on any atom is -0.459 e. The maximum Gasteiger partial charge on any atom is 0.134 e. The molecule has 0 saturated carbocycles. The smallest absolute Gasteiger partial charge is 0.134 e. The molecule has 3 rings (SSSR count). The molecule has 0 amide bonds. The first-order chi connectivity index (χ1) is 9.69. The summed E-state index contributed by atoms with van der Waals surface area (Å²) in [5.74, 6) is 0.940. The van der Waals surface area contributed by atoms with Crippen molar-refractivity contribution >= 4 is 26.9 Å². The van der Waals surface area contributed by atoms with Crippen molar-refractivity contribution in [1.29, 1.82) is 0 Å². The van der Waals surface area contributed by atoms with E-state index in [0.29, 0.717) is 0 Å². The molecule has 0 aliphatic rings. The zero-order valence-corrected chi connectivity index (χ0v) is 13.1. The Balaban J connectivity index is 2.11. The molecule has 102 valence electrons. The van der Waals surface area contributed by atoms with E-state index in [9.17, 15) is 0 Å². The lowest BCUT2D eigenvalue weighted by atomic mass is 9.99. The lowest BCUT2D eigenvalue weighted by molar-refractivity contribution is 0.490. The van der Waals surface area contributed by atoms with Crippen molar-refractivity contribution in [3.05, 3.63) is 69.9 Å². The van der Waals surface area contributed by atoms with E-state index in [-0.39, 0.29) is 6.04 Å². The summed E-state index contributed by atoms with van der Waals surface area (Å²) in [4.78, 5) is 0. The summed E-state index contributed by atoms with van der Waals surface area (Å²) in [5.41, 5.74) is 3.39. The van der Waals surface area contributed by atoms with E-state index < -0.39 is 0 Å². The number of para-hydroxylation sites is 1. The van der Waals surface area contributed by atoms with Gasteiger partial charge in [-0.05, 0) is 49.4 Å². The van der Waals surface area contributed by atoms with E-state index in [2.05, 4.69) is 58.5 Å². The van der Waals surface area contributed by atoms with Gasteiger partial charge in [0, 0.05) is 9.86 Å². The molecule has 0 saturated heterocycles. The van der Waals surface area contributed by atoms with Crippen LogP contribution in [0.15, 0.2) is 57.4 Å². The number of hydrogen-bond donors (Lipinski definition) is 1. The van der Waals surface area contributed by atoms with Gasteiger partial charge >= 0.3 is 0 Å². The van der Waals surface area contributed by atoms with Gasteiger partial charge in [0.2, 0.25) is 0 Å². The molecule has 3 aromatic rings. The Kier molecular flexibility index (Phi) is 3.64. The highest BCUT2D eigenvalue weighted by atomic mass is 79.9. The number of fused-ring (bicyclic) bond motifs is 1. The summed E-state index contributed by atoms with van der Waals surface area (Å²) in [6.45, 7) is 2.12. The van der Waals surface area contributed by atoms with Crippen molar-refractivity contribution in [2.24, 2.45) is 0 Å². The average molecular weight is 330 g/mol. The van der Waals surface area contributed by atoms with E-state index in [1.54, 1.807) is 0 Å². The molecule has 1 heterocycles. The van der Waals surface area contributed by atoms with Gasteiger partial charge < -0.3 is 9.73 Å². The van der Waals surface area contributed by atoms with Crippen molar-refractivity contribution in [1.82, 2.24) is 5.32 Å². The van der Waals surface area contributed by atoms with Crippen LogP contribution < -0.4 is 5.32 Å². The third-order valence-corrected chi connectivity index (χ3v) is 4.06. The number of benzene rings is 2. The minimum absolute atomic E-state index is 0.0555. The number of rotatable bonds is 3. The van der Waals surface area contributed by atoms with Gasteiger partial charge in [0.1, 0.15) is 11.3 Å². The topological polar surface area (TPSA) is 25.2 Å². The van der Waals surface area contributed by atoms with Crippen LogP contribution in [-0.2, 0) is 0 Å². The number of aryl methyl sites for hydroxylation is 1. The number of hydrogen-bond acceptors (Lipinski definition) is 2. The van der Waals surface area contributed by atoms with Crippen LogP contribution in [0.3, 0.4) is 0 Å². The fraction of sp³-hybridized carbons (Fsp3) is 0.176. The second-order valence-electron chi connectivity index (χ2n) is 4.91. The zero-order chi connectivity index (χ0) is 14.1. The highest BCUT2D eigenvalue weighted by molar-refractivity contribution is 9.10. The molecule has 1 N–H and O–H groups in total. The molecule has 0 fully saturated rings. The Morgan fingerprint density at radius 3 is 2.65 bits per heavy atom. The number of furan rings is 1. The highest BCUT2D eigenvalue weighted by Crippen LogP contribution is 2.31. The molecule has 0 aliphatic heterocycles. The summed E-state index contributed by atoms with van der Waals surface area (Å²) in [6.07, 6.45) is 0. The fourth-order valence-corrected chi connectivity index (χ4v) is 2.90. The first kappa shape index (κ1) is 13.4. The van der Waals surface area contributed by atoms with Gasteiger partial charge in [0.05, 0.1) is 6.04 Å². The van der Waals surface area contributed by atoms with Gasteiger partial charge in [-0.3, -0.25) is 0 Å². The molecule has 0 aliphatic carbocycles. The highest BCUT2D eigenvalue weighted by Gasteiger charge is 2.18. The number of halogens is 1. The van der Waals surface area contributed by atoms with Crippen LogP contribution in [0, 0.1) is 6.92 Å². The molecule has 2 aromatic carbocycles. The Bertz CT molecular complexity index is 715. The average Bonchev–Trinajstić information content (AvgIpc) is 2.87. The van der Waals surface area contributed by atoms with Crippen molar-refractivity contribution in [2.75, 3.05) is 7.05 Å². The van der Waals surface area contributed by atoms with Gasteiger partial charge in [0.25, 0.3) is 0 Å². The largest absolute Gasteiger partial charge is 0.459 e. The van der Waals surface area contributed by atoms with Gasteiger partial charge in [0.15, 0.2) is 0 Å². The molecular weight excluding hydrogens is 314 g/mol. The first-order valence-corrected chi connectivity index (χ1v) is 7.40. The van der Waals surface area contributed by atoms with E-state index >= 15 is 0 Å². The van der Waals surface area contributed by atoms with Crippen LogP contribution >= 0.6 is 15.9 Å². The fourth-order valence-electron chi connectivity index (χ4n) is 2.52.